The van der Waals surface area contributed by atoms with Crippen molar-refractivity contribution in [2.45, 2.75) is 6.54 Å². The van der Waals surface area contributed by atoms with E-state index < -0.39 is 5.97 Å². The maximum Gasteiger partial charge on any atom is 0.356 e. The summed E-state index contributed by atoms with van der Waals surface area (Å²) in [7, 11) is 0. The fourth-order valence-corrected chi connectivity index (χ4v) is 1.65. The number of carboxylic acid groups (broad SMARTS) is 1. The molecule has 0 radical (unpaired) electrons. The van der Waals surface area contributed by atoms with Gasteiger partial charge >= 0.3 is 5.97 Å². The lowest BCUT2D eigenvalue weighted by Gasteiger charge is -2.05. The van der Waals surface area contributed by atoms with Crippen LogP contribution in [0.2, 0.25) is 5.02 Å². The minimum absolute atomic E-state index is 0.0745. The summed E-state index contributed by atoms with van der Waals surface area (Å²) in [4.78, 5) is 10.7. The summed E-state index contributed by atoms with van der Waals surface area (Å²) in [6.45, 7) is 0.346. The van der Waals surface area contributed by atoms with Gasteiger partial charge in [0.25, 0.3) is 0 Å². The van der Waals surface area contributed by atoms with Crippen LogP contribution in [0.4, 0.5) is 5.82 Å². The van der Waals surface area contributed by atoms with E-state index in [1.165, 1.54) is 10.7 Å². The number of aromatic nitrogens is 2. The third kappa shape index (κ3) is 2.39. The van der Waals surface area contributed by atoms with E-state index in [1.54, 1.807) is 6.07 Å². The van der Waals surface area contributed by atoms with Crippen LogP contribution in [-0.4, -0.2) is 20.9 Å². The molecule has 0 unspecified atom stereocenters. The molecule has 6 heteroatoms. The van der Waals surface area contributed by atoms with E-state index in [0.29, 0.717) is 17.4 Å². The number of benzene rings is 1. The van der Waals surface area contributed by atoms with E-state index in [0.717, 1.165) is 5.56 Å². The number of nitrogens with two attached hydrogens (primary N) is 1. The summed E-state index contributed by atoms with van der Waals surface area (Å²) in [5.74, 6) is -0.808. The van der Waals surface area contributed by atoms with Crippen molar-refractivity contribution in [2.24, 2.45) is 0 Å². The van der Waals surface area contributed by atoms with Crippen LogP contribution in [0.5, 0.6) is 0 Å². The second kappa shape index (κ2) is 4.47. The summed E-state index contributed by atoms with van der Waals surface area (Å²) in [6.07, 6.45) is 0. The van der Waals surface area contributed by atoms with Crippen molar-refractivity contribution in [1.29, 1.82) is 0 Å². The van der Waals surface area contributed by atoms with Crippen LogP contribution in [0.15, 0.2) is 30.3 Å². The van der Waals surface area contributed by atoms with Gasteiger partial charge < -0.3 is 10.8 Å². The summed E-state index contributed by atoms with van der Waals surface area (Å²) in [5.41, 5.74) is 6.43. The van der Waals surface area contributed by atoms with Crippen LogP contribution in [-0.2, 0) is 6.54 Å². The highest BCUT2D eigenvalue weighted by Gasteiger charge is 2.11. The van der Waals surface area contributed by atoms with Gasteiger partial charge in [0, 0.05) is 11.1 Å². The number of nitrogen functional groups attached to an aromatic ring is 1. The summed E-state index contributed by atoms with van der Waals surface area (Å²) in [5, 5.41) is 13.3. The number of rotatable bonds is 3. The van der Waals surface area contributed by atoms with Crippen LogP contribution < -0.4 is 5.73 Å². The van der Waals surface area contributed by atoms with Gasteiger partial charge in [-0.25, -0.2) is 9.48 Å². The first kappa shape index (κ1) is 11.5. The molecule has 2 aromatic rings. The third-order valence-electron chi connectivity index (χ3n) is 2.31. The minimum Gasteiger partial charge on any atom is -0.476 e. The van der Waals surface area contributed by atoms with Crippen molar-refractivity contribution in [1.82, 2.24) is 9.78 Å². The normalized spacial score (nSPS) is 10.4. The Balaban J connectivity index is 2.30. The SMILES string of the molecule is Nc1cc(C(=O)O)nn1Cc1ccccc1Cl. The topological polar surface area (TPSA) is 81.1 Å². The van der Waals surface area contributed by atoms with Crippen LogP contribution in [0.1, 0.15) is 16.1 Å². The molecule has 0 atom stereocenters. The van der Waals surface area contributed by atoms with Crippen molar-refractivity contribution in [3.05, 3.63) is 46.6 Å². The molecule has 1 heterocycles. The van der Waals surface area contributed by atoms with Gasteiger partial charge in [0.1, 0.15) is 5.82 Å². The Labute approximate surface area is 102 Å². The number of carboxylic acids is 1. The van der Waals surface area contributed by atoms with E-state index in [-0.39, 0.29) is 5.69 Å². The number of halogens is 1. The quantitative estimate of drug-likeness (QED) is 0.873. The van der Waals surface area contributed by atoms with Gasteiger partial charge in [0.15, 0.2) is 5.69 Å². The molecule has 0 aliphatic heterocycles. The molecule has 0 bridgehead atoms. The molecule has 0 amide bonds. The lowest BCUT2D eigenvalue weighted by molar-refractivity contribution is 0.0689. The number of nitrogens with zero attached hydrogens (tertiary/aromatic N) is 2. The molecule has 5 nitrogen and oxygen atoms in total. The first-order chi connectivity index (χ1) is 8.08. The molecule has 1 aromatic heterocycles. The summed E-state index contributed by atoms with van der Waals surface area (Å²) >= 11 is 6.00. The van der Waals surface area contributed by atoms with Gasteiger partial charge in [0.2, 0.25) is 0 Å². The lowest BCUT2D eigenvalue weighted by atomic mass is 10.2. The standard InChI is InChI=1S/C11H10ClN3O2/c12-8-4-2-1-3-7(8)6-15-10(13)5-9(14-15)11(16)17/h1-5H,6,13H2,(H,16,17). The number of hydrogen-bond donors (Lipinski definition) is 2. The Kier molecular flexibility index (Phi) is 3.01. The van der Waals surface area contributed by atoms with Gasteiger partial charge in [-0.1, -0.05) is 29.8 Å². The van der Waals surface area contributed by atoms with Crippen molar-refractivity contribution < 1.29 is 9.90 Å². The molecule has 0 saturated carbocycles. The largest absolute Gasteiger partial charge is 0.476 e. The highest BCUT2D eigenvalue weighted by Crippen LogP contribution is 2.17. The Bertz CT molecular complexity index is 566. The maximum absolute atomic E-state index is 10.7. The fraction of sp³-hybridized carbons (Fsp3) is 0.0909. The van der Waals surface area contributed by atoms with Gasteiger partial charge in [-0.15, -0.1) is 0 Å². The van der Waals surface area contributed by atoms with Gasteiger partial charge in [-0.2, -0.15) is 5.10 Å². The fourth-order valence-electron chi connectivity index (χ4n) is 1.45. The zero-order chi connectivity index (χ0) is 12.4. The second-order valence-electron chi connectivity index (χ2n) is 3.51. The molecule has 88 valence electrons. The van der Waals surface area contributed by atoms with E-state index >= 15 is 0 Å². The van der Waals surface area contributed by atoms with Gasteiger partial charge in [-0.05, 0) is 11.6 Å². The van der Waals surface area contributed by atoms with E-state index in [9.17, 15) is 4.79 Å². The monoisotopic (exact) mass is 251 g/mol. The molecule has 0 spiro atoms. The maximum atomic E-state index is 10.7. The van der Waals surface area contributed by atoms with Crippen LogP contribution >= 0.6 is 11.6 Å². The van der Waals surface area contributed by atoms with E-state index in [2.05, 4.69) is 5.10 Å². The second-order valence-corrected chi connectivity index (χ2v) is 3.92. The van der Waals surface area contributed by atoms with E-state index in [4.69, 9.17) is 22.4 Å². The molecule has 0 aliphatic carbocycles. The third-order valence-corrected chi connectivity index (χ3v) is 2.68. The highest BCUT2D eigenvalue weighted by atomic mass is 35.5. The predicted octanol–water partition coefficient (Wildman–Crippen LogP) is 1.87. The molecular formula is C11H10ClN3O2. The predicted molar refractivity (Wildman–Crippen MR) is 64.2 cm³/mol. The number of anilines is 1. The average molecular weight is 252 g/mol. The lowest BCUT2D eigenvalue weighted by Crippen LogP contribution is -2.07. The smallest absolute Gasteiger partial charge is 0.356 e. The van der Waals surface area contributed by atoms with Crippen LogP contribution in [0.25, 0.3) is 0 Å². The van der Waals surface area contributed by atoms with Crippen molar-refractivity contribution in [2.75, 3.05) is 5.73 Å². The Morgan fingerprint density at radius 3 is 2.76 bits per heavy atom. The van der Waals surface area contributed by atoms with Crippen molar-refractivity contribution >= 4 is 23.4 Å². The molecule has 0 saturated heterocycles. The number of carbonyl (C=O) groups is 1. The molecule has 0 fully saturated rings. The molecule has 1 aromatic carbocycles. The molecule has 17 heavy (non-hydrogen) atoms. The van der Waals surface area contributed by atoms with Gasteiger partial charge in [-0.3, -0.25) is 0 Å². The van der Waals surface area contributed by atoms with Crippen molar-refractivity contribution in [3.8, 4) is 0 Å². The Morgan fingerprint density at radius 2 is 2.18 bits per heavy atom. The zero-order valence-electron chi connectivity index (χ0n) is 8.80. The summed E-state index contributed by atoms with van der Waals surface area (Å²) < 4.78 is 1.41. The minimum atomic E-state index is -1.10. The molecular weight excluding hydrogens is 242 g/mol. The van der Waals surface area contributed by atoms with Crippen LogP contribution in [0, 0.1) is 0 Å². The van der Waals surface area contributed by atoms with Gasteiger partial charge in [0.05, 0.1) is 6.54 Å². The Hall–Kier alpha value is -2.01. The summed E-state index contributed by atoms with van der Waals surface area (Å²) in [6, 6.07) is 8.58. The van der Waals surface area contributed by atoms with E-state index in [1.807, 2.05) is 18.2 Å². The molecule has 3 N–H and O–H groups in total. The Morgan fingerprint density at radius 1 is 1.47 bits per heavy atom. The highest BCUT2D eigenvalue weighted by molar-refractivity contribution is 6.31. The van der Waals surface area contributed by atoms with Crippen molar-refractivity contribution in [3.63, 3.8) is 0 Å². The molecule has 0 aliphatic rings. The average Bonchev–Trinajstić information content (AvgIpc) is 2.64. The first-order valence-corrected chi connectivity index (χ1v) is 5.26. The molecule has 2 rings (SSSR count). The number of aromatic carboxylic acids is 1. The number of hydrogen-bond acceptors (Lipinski definition) is 3. The van der Waals surface area contributed by atoms with Crippen LogP contribution in [0.3, 0.4) is 0 Å². The first-order valence-electron chi connectivity index (χ1n) is 4.88. The zero-order valence-corrected chi connectivity index (χ0v) is 9.55.